The summed E-state index contributed by atoms with van der Waals surface area (Å²) in [5, 5.41) is 9.92. The molecule has 0 radical (unpaired) electrons. The molecule has 1 aromatic carbocycles. The van der Waals surface area contributed by atoms with Gasteiger partial charge in [0.2, 0.25) is 0 Å². The molecule has 3 atom stereocenters. The standard InChI is InChI=1S/C15H19ClO3/c1-10-7-15(9-14(17)18,8-11(2)19-10)12-3-5-13(16)6-4-12/h3-6,10-11H,7-9H2,1-2H3,(H,17,18)/t10-,11+,15?. The Bertz CT molecular complexity index is 445. The third kappa shape index (κ3) is 3.28. The summed E-state index contributed by atoms with van der Waals surface area (Å²) >= 11 is 5.92. The molecular formula is C15H19ClO3. The van der Waals surface area contributed by atoms with Crippen LogP contribution in [0.1, 0.15) is 38.7 Å². The molecule has 1 saturated heterocycles. The molecule has 1 aromatic rings. The number of carboxylic acid groups (broad SMARTS) is 1. The summed E-state index contributed by atoms with van der Waals surface area (Å²) in [7, 11) is 0. The average molecular weight is 283 g/mol. The summed E-state index contributed by atoms with van der Waals surface area (Å²) in [5.41, 5.74) is 0.689. The Balaban J connectivity index is 2.38. The molecule has 0 amide bonds. The van der Waals surface area contributed by atoms with Crippen molar-refractivity contribution in [2.45, 2.75) is 50.7 Å². The summed E-state index contributed by atoms with van der Waals surface area (Å²) in [6.45, 7) is 4.00. The predicted molar refractivity (Wildman–Crippen MR) is 74.6 cm³/mol. The van der Waals surface area contributed by atoms with Crippen molar-refractivity contribution >= 4 is 17.6 Å². The van der Waals surface area contributed by atoms with E-state index >= 15 is 0 Å². The highest BCUT2D eigenvalue weighted by molar-refractivity contribution is 6.30. The van der Waals surface area contributed by atoms with Crippen molar-refractivity contribution in [3.05, 3.63) is 34.9 Å². The first-order chi connectivity index (χ1) is 8.91. The number of halogens is 1. The van der Waals surface area contributed by atoms with Crippen LogP contribution in [0.5, 0.6) is 0 Å². The number of ether oxygens (including phenoxy) is 1. The summed E-state index contributed by atoms with van der Waals surface area (Å²) in [4.78, 5) is 11.3. The lowest BCUT2D eigenvalue weighted by Crippen LogP contribution is -2.42. The van der Waals surface area contributed by atoms with Crippen LogP contribution < -0.4 is 0 Å². The second-order valence-electron chi connectivity index (χ2n) is 5.52. The fraction of sp³-hybridized carbons (Fsp3) is 0.533. The van der Waals surface area contributed by atoms with Crippen molar-refractivity contribution in [1.82, 2.24) is 0 Å². The van der Waals surface area contributed by atoms with Crippen LogP contribution >= 0.6 is 11.6 Å². The monoisotopic (exact) mass is 282 g/mol. The summed E-state index contributed by atoms with van der Waals surface area (Å²) < 4.78 is 5.75. The molecule has 2 rings (SSSR count). The molecule has 104 valence electrons. The minimum Gasteiger partial charge on any atom is -0.481 e. The van der Waals surface area contributed by atoms with E-state index in [-0.39, 0.29) is 24.0 Å². The Morgan fingerprint density at radius 1 is 1.32 bits per heavy atom. The number of hydrogen-bond acceptors (Lipinski definition) is 2. The lowest BCUT2D eigenvalue weighted by Gasteiger charge is -2.42. The first kappa shape index (κ1) is 14.4. The van der Waals surface area contributed by atoms with E-state index in [9.17, 15) is 9.90 Å². The third-order valence-electron chi connectivity index (χ3n) is 3.77. The van der Waals surface area contributed by atoms with Crippen molar-refractivity contribution in [2.75, 3.05) is 0 Å². The molecule has 0 aromatic heterocycles. The minimum atomic E-state index is -0.767. The Labute approximate surface area is 118 Å². The predicted octanol–water partition coefficient (Wildman–Crippen LogP) is 3.64. The molecule has 19 heavy (non-hydrogen) atoms. The Morgan fingerprint density at radius 2 is 1.84 bits per heavy atom. The molecule has 1 aliphatic heterocycles. The molecule has 1 N–H and O–H groups in total. The highest BCUT2D eigenvalue weighted by Gasteiger charge is 2.41. The van der Waals surface area contributed by atoms with E-state index in [0.717, 1.165) is 18.4 Å². The maximum absolute atomic E-state index is 11.3. The first-order valence-electron chi connectivity index (χ1n) is 6.54. The van der Waals surface area contributed by atoms with Gasteiger partial charge in [-0.1, -0.05) is 23.7 Å². The smallest absolute Gasteiger partial charge is 0.304 e. The maximum atomic E-state index is 11.3. The van der Waals surface area contributed by atoms with Gasteiger partial charge in [0.15, 0.2) is 0 Å². The van der Waals surface area contributed by atoms with Crippen LogP contribution in [0.15, 0.2) is 24.3 Å². The SMILES string of the molecule is C[C@@H]1CC(CC(=O)O)(c2ccc(Cl)cc2)C[C@H](C)O1. The zero-order chi connectivity index (χ0) is 14.0. The topological polar surface area (TPSA) is 46.5 Å². The van der Waals surface area contributed by atoms with Crippen LogP contribution in [0.3, 0.4) is 0 Å². The van der Waals surface area contributed by atoms with E-state index in [0.29, 0.717) is 5.02 Å². The van der Waals surface area contributed by atoms with Crippen molar-refractivity contribution in [3.63, 3.8) is 0 Å². The number of rotatable bonds is 3. The zero-order valence-electron chi connectivity index (χ0n) is 11.2. The van der Waals surface area contributed by atoms with Crippen LogP contribution in [-0.2, 0) is 14.9 Å². The van der Waals surface area contributed by atoms with Gasteiger partial charge in [-0.15, -0.1) is 0 Å². The highest BCUT2D eigenvalue weighted by atomic mass is 35.5. The quantitative estimate of drug-likeness (QED) is 0.921. The van der Waals surface area contributed by atoms with Crippen LogP contribution in [0, 0.1) is 0 Å². The molecule has 4 heteroatoms. The van der Waals surface area contributed by atoms with Gasteiger partial charge in [-0.05, 0) is 44.4 Å². The van der Waals surface area contributed by atoms with Gasteiger partial charge >= 0.3 is 5.97 Å². The van der Waals surface area contributed by atoms with Gasteiger partial charge < -0.3 is 9.84 Å². The van der Waals surface area contributed by atoms with Gasteiger partial charge in [-0.25, -0.2) is 0 Å². The molecule has 1 unspecified atom stereocenters. The molecule has 3 nitrogen and oxygen atoms in total. The molecule has 1 aliphatic rings. The Kier molecular flexibility index (Phi) is 4.16. The number of carboxylic acids is 1. The number of aliphatic carboxylic acids is 1. The molecule has 0 aliphatic carbocycles. The molecule has 1 heterocycles. The van der Waals surface area contributed by atoms with Gasteiger partial charge in [0.25, 0.3) is 0 Å². The second-order valence-corrected chi connectivity index (χ2v) is 5.96. The van der Waals surface area contributed by atoms with Crippen LogP contribution in [0.2, 0.25) is 5.02 Å². The van der Waals surface area contributed by atoms with Crippen LogP contribution in [0.4, 0.5) is 0 Å². The van der Waals surface area contributed by atoms with Gasteiger partial charge in [-0.2, -0.15) is 0 Å². The molecule has 0 bridgehead atoms. The minimum absolute atomic E-state index is 0.0683. The van der Waals surface area contributed by atoms with E-state index in [1.54, 1.807) is 0 Å². The first-order valence-corrected chi connectivity index (χ1v) is 6.92. The van der Waals surface area contributed by atoms with Gasteiger partial charge in [0.05, 0.1) is 18.6 Å². The fourth-order valence-corrected chi connectivity index (χ4v) is 3.38. The van der Waals surface area contributed by atoms with Crippen LogP contribution in [0.25, 0.3) is 0 Å². The van der Waals surface area contributed by atoms with E-state index in [1.165, 1.54) is 0 Å². The normalized spacial score (nSPS) is 31.1. The lowest BCUT2D eigenvalue weighted by atomic mass is 9.68. The highest BCUT2D eigenvalue weighted by Crippen LogP contribution is 2.42. The van der Waals surface area contributed by atoms with Crippen molar-refractivity contribution < 1.29 is 14.6 Å². The van der Waals surface area contributed by atoms with Gasteiger partial charge in [0.1, 0.15) is 0 Å². The zero-order valence-corrected chi connectivity index (χ0v) is 12.0. The molecule has 1 fully saturated rings. The largest absolute Gasteiger partial charge is 0.481 e. The van der Waals surface area contributed by atoms with Crippen molar-refractivity contribution in [3.8, 4) is 0 Å². The number of hydrogen-bond donors (Lipinski definition) is 1. The Morgan fingerprint density at radius 3 is 2.32 bits per heavy atom. The van der Waals surface area contributed by atoms with E-state index in [4.69, 9.17) is 16.3 Å². The number of carbonyl (C=O) groups is 1. The van der Waals surface area contributed by atoms with Crippen LogP contribution in [-0.4, -0.2) is 23.3 Å². The second kappa shape index (κ2) is 5.51. The Hall–Kier alpha value is -1.06. The van der Waals surface area contributed by atoms with Gasteiger partial charge in [-0.3, -0.25) is 4.79 Å². The number of benzene rings is 1. The molecule has 0 spiro atoms. The summed E-state index contributed by atoms with van der Waals surface area (Å²) in [5.74, 6) is -0.767. The summed E-state index contributed by atoms with van der Waals surface area (Å²) in [6, 6.07) is 7.53. The molecule has 0 saturated carbocycles. The van der Waals surface area contributed by atoms with Gasteiger partial charge in [0, 0.05) is 10.4 Å². The fourth-order valence-electron chi connectivity index (χ4n) is 3.25. The lowest BCUT2D eigenvalue weighted by molar-refractivity contribution is -0.141. The van der Waals surface area contributed by atoms with Crippen molar-refractivity contribution in [2.24, 2.45) is 0 Å². The van der Waals surface area contributed by atoms with E-state index in [1.807, 2.05) is 38.1 Å². The maximum Gasteiger partial charge on any atom is 0.304 e. The van der Waals surface area contributed by atoms with E-state index in [2.05, 4.69) is 0 Å². The third-order valence-corrected chi connectivity index (χ3v) is 4.02. The average Bonchev–Trinajstić information content (AvgIpc) is 2.26. The van der Waals surface area contributed by atoms with Crippen molar-refractivity contribution in [1.29, 1.82) is 0 Å². The summed E-state index contributed by atoms with van der Waals surface area (Å²) in [6.07, 6.45) is 1.72. The van der Waals surface area contributed by atoms with E-state index < -0.39 is 5.97 Å². The molecular weight excluding hydrogens is 264 g/mol.